The Labute approximate surface area is 340 Å². The fourth-order valence-electron chi connectivity index (χ4n) is 5.43. The van der Waals surface area contributed by atoms with E-state index in [1.165, 1.54) is 51.4 Å². The molecular weight excluding hydrogens is 729 g/mol. The van der Waals surface area contributed by atoms with Crippen molar-refractivity contribution in [1.82, 2.24) is 0 Å². The summed E-state index contributed by atoms with van der Waals surface area (Å²) in [4.78, 5) is 33.5. The number of phosphoric ester groups is 1. The summed E-state index contributed by atoms with van der Waals surface area (Å²) in [5, 5.41) is 8.89. The van der Waals surface area contributed by atoms with Crippen LogP contribution in [0.25, 0.3) is 0 Å². The summed E-state index contributed by atoms with van der Waals surface area (Å²) < 4.78 is 33.3. The third-order valence-electron chi connectivity index (χ3n) is 8.75. The molecule has 0 radical (unpaired) electrons. The normalized spacial score (nSPS) is 14.6. The molecule has 0 spiro atoms. The molecule has 0 fully saturated rings. The minimum Gasteiger partial charge on any atom is -0.480 e. The van der Waals surface area contributed by atoms with E-state index in [1.807, 2.05) is 0 Å². The van der Waals surface area contributed by atoms with Gasteiger partial charge < -0.3 is 25.2 Å². The van der Waals surface area contributed by atoms with E-state index in [-0.39, 0.29) is 13.0 Å². The maximum absolute atomic E-state index is 12.6. The van der Waals surface area contributed by atoms with Crippen molar-refractivity contribution in [2.45, 2.75) is 174 Å². The van der Waals surface area contributed by atoms with Gasteiger partial charge in [0.1, 0.15) is 12.1 Å². The average Bonchev–Trinajstić information content (AvgIpc) is 3.18. The smallest absolute Gasteiger partial charge is 0.472 e. The highest BCUT2D eigenvalue weighted by atomic mass is 31.2. The first-order valence-corrected chi connectivity index (χ1v) is 23.0. The van der Waals surface area contributed by atoms with Crippen molar-refractivity contribution in [1.29, 1.82) is 0 Å². The van der Waals surface area contributed by atoms with Gasteiger partial charge in [0, 0.05) is 13.0 Å². The first-order valence-electron chi connectivity index (χ1n) is 21.5. The Bertz CT molecular complexity index is 1160. The molecule has 322 valence electrons. The molecule has 0 aliphatic rings. The number of ether oxygens (including phenoxy) is 2. The molecule has 0 saturated heterocycles. The molecule has 0 heterocycles. The minimum atomic E-state index is -4.63. The molecule has 11 heteroatoms. The maximum Gasteiger partial charge on any atom is 0.472 e. The lowest BCUT2D eigenvalue weighted by Crippen LogP contribution is -2.34. The molecule has 3 atom stereocenters. The summed E-state index contributed by atoms with van der Waals surface area (Å²) in [6.45, 7) is 3.66. The lowest BCUT2D eigenvalue weighted by atomic mass is 10.0. The number of hydrogen-bond acceptors (Lipinski definition) is 8. The molecule has 10 nitrogen and oxygen atoms in total. The first-order chi connectivity index (χ1) is 27.2. The van der Waals surface area contributed by atoms with Gasteiger partial charge in [-0.3, -0.25) is 18.6 Å². The highest BCUT2D eigenvalue weighted by Gasteiger charge is 2.27. The number of nitrogens with two attached hydrogens (primary N) is 1. The number of esters is 1. The summed E-state index contributed by atoms with van der Waals surface area (Å²) in [5.74, 6) is -1.80. The number of unbranched alkanes of at least 4 members (excludes halogenated alkanes) is 14. The van der Waals surface area contributed by atoms with Crippen LogP contribution in [0, 0.1) is 0 Å². The quantitative estimate of drug-likeness (QED) is 0.0236. The fourth-order valence-corrected chi connectivity index (χ4v) is 6.21. The van der Waals surface area contributed by atoms with Gasteiger partial charge in [-0.2, -0.15) is 0 Å². The van der Waals surface area contributed by atoms with Crippen molar-refractivity contribution >= 4 is 19.8 Å². The van der Waals surface area contributed by atoms with E-state index in [0.29, 0.717) is 13.0 Å². The zero-order valence-electron chi connectivity index (χ0n) is 35.0. The van der Waals surface area contributed by atoms with Gasteiger partial charge in [0.2, 0.25) is 0 Å². The van der Waals surface area contributed by atoms with E-state index in [2.05, 4.69) is 86.8 Å². The van der Waals surface area contributed by atoms with E-state index >= 15 is 0 Å². The number of hydrogen-bond donors (Lipinski definition) is 3. The van der Waals surface area contributed by atoms with Crippen LogP contribution in [0.4, 0.5) is 0 Å². The van der Waals surface area contributed by atoms with Crippen molar-refractivity contribution in [3.8, 4) is 0 Å². The molecule has 0 amide bonds. The first kappa shape index (κ1) is 53.4. The van der Waals surface area contributed by atoms with E-state index in [4.69, 9.17) is 29.4 Å². The number of aliphatic carboxylic acids is 1. The highest BCUT2D eigenvalue weighted by Crippen LogP contribution is 2.43. The van der Waals surface area contributed by atoms with Gasteiger partial charge in [-0.25, -0.2) is 4.57 Å². The molecule has 0 bridgehead atoms. The molecule has 0 aromatic carbocycles. The largest absolute Gasteiger partial charge is 0.480 e. The Morgan fingerprint density at radius 3 is 1.54 bits per heavy atom. The number of carboxylic acid groups (broad SMARTS) is 1. The van der Waals surface area contributed by atoms with E-state index in [0.717, 1.165) is 83.5 Å². The summed E-state index contributed by atoms with van der Waals surface area (Å²) in [6, 6.07) is -1.48. The number of carbonyl (C=O) groups is 2. The van der Waals surface area contributed by atoms with Gasteiger partial charge >= 0.3 is 19.8 Å². The fraction of sp³-hybridized carbons (Fsp3) is 0.689. The summed E-state index contributed by atoms with van der Waals surface area (Å²) in [5.41, 5.74) is 5.35. The van der Waals surface area contributed by atoms with Crippen LogP contribution in [0.5, 0.6) is 0 Å². The second kappa shape index (κ2) is 40.6. The number of phosphoric acid groups is 1. The Kier molecular flexibility index (Phi) is 38.7. The molecule has 0 aliphatic heterocycles. The standard InChI is InChI=1S/C45H78NO9P/c1-3-5-7-9-11-13-15-17-18-19-20-21-22-23-24-25-26-28-30-32-34-36-38-52-39-42(40-53-56(50,51)54-41-43(46)45(48)49)55-44(47)37-35-33-31-29-27-16-14-12-10-8-6-4-2/h5,7,11,13,17-18,20-21,23-24,26,28,42-43H,3-4,6,8-10,12,14-16,19,22,25,27,29-41,46H2,1-2H3,(H,48,49)(H,50,51)/b7-5-,13-11-,18-17-,21-20-,24-23-,28-26-. The molecule has 4 N–H and O–H groups in total. The lowest BCUT2D eigenvalue weighted by Gasteiger charge is -2.20. The van der Waals surface area contributed by atoms with E-state index in [9.17, 15) is 19.0 Å². The Morgan fingerprint density at radius 1 is 0.589 bits per heavy atom. The Morgan fingerprint density at radius 2 is 1.04 bits per heavy atom. The van der Waals surface area contributed by atoms with Gasteiger partial charge in [0.15, 0.2) is 0 Å². The van der Waals surface area contributed by atoms with Crippen molar-refractivity contribution in [2.24, 2.45) is 5.73 Å². The third kappa shape index (κ3) is 39.6. The minimum absolute atomic E-state index is 0.00796. The van der Waals surface area contributed by atoms with E-state index < -0.39 is 45.1 Å². The molecule has 0 saturated carbocycles. The second-order valence-electron chi connectivity index (χ2n) is 14.1. The van der Waals surface area contributed by atoms with Crippen molar-refractivity contribution < 1.29 is 42.7 Å². The summed E-state index contributed by atoms with van der Waals surface area (Å²) >= 11 is 0. The van der Waals surface area contributed by atoms with Crippen LogP contribution in [0.2, 0.25) is 0 Å². The van der Waals surface area contributed by atoms with Gasteiger partial charge in [0.05, 0.1) is 19.8 Å². The lowest BCUT2D eigenvalue weighted by molar-refractivity contribution is -0.154. The topological polar surface area (TPSA) is 155 Å². The van der Waals surface area contributed by atoms with Crippen LogP contribution >= 0.6 is 7.82 Å². The van der Waals surface area contributed by atoms with Crippen LogP contribution in [0.3, 0.4) is 0 Å². The predicted molar refractivity (Wildman–Crippen MR) is 230 cm³/mol. The predicted octanol–water partition coefficient (Wildman–Crippen LogP) is 11.8. The van der Waals surface area contributed by atoms with Gasteiger partial charge in [-0.1, -0.05) is 164 Å². The molecule has 56 heavy (non-hydrogen) atoms. The molecule has 0 aromatic heterocycles. The maximum atomic E-state index is 12.6. The molecule has 0 rings (SSSR count). The zero-order chi connectivity index (χ0) is 41.2. The number of carbonyl (C=O) groups excluding carboxylic acids is 1. The Hall–Kier alpha value is -2.59. The van der Waals surface area contributed by atoms with Gasteiger partial charge in [-0.15, -0.1) is 0 Å². The van der Waals surface area contributed by atoms with Crippen LogP contribution in [-0.4, -0.2) is 60.5 Å². The second-order valence-corrected chi connectivity index (χ2v) is 15.5. The van der Waals surface area contributed by atoms with Crippen molar-refractivity contribution in [3.05, 3.63) is 72.9 Å². The number of carboxylic acids is 1. The van der Waals surface area contributed by atoms with Gasteiger partial charge in [0.25, 0.3) is 0 Å². The monoisotopic (exact) mass is 808 g/mol. The van der Waals surface area contributed by atoms with E-state index in [1.54, 1.807) is 0 Å². The van der Waals surface area contributed by atoms with Crippen LogP contribution in [-0.2, 0) is 32.7 Å². The van der Waals surface area contributed by atoms with Crippen LogP contribution in [0.1, 0.15) is 162 Å². The molecule has 3 unspecified atom stereocenters. The summed E-state index contributed by atoms with van der Waals surface area (Å²) in [7, 11) is -4.63. The molecular formula is C45H78NO9P. The van der Waals surface area contributed by atoms with Crippen LogP contribution < -0.4 is 5.73 Å². The number of allylic oxidation sites excluding steroid dienone is 12. The van der Waals surface area contributed by atoms with Crippen molar-refractivity contribution in [2.75, 3.05) is 26.4 Å². The SMILES string of the molecule is CC/C=C\C/C=C\C/C=C\C/C=C\C/C=C\C/C=C\CCCCCOCC(COP(=O)(O)OCC(N)C(=O)O)OC(=O)CCCCCCCCCCCCCC. The molecule has 0 aliphatic carbocycles. The number of rotatable bonds is 40. The van der Waals surface area contributed by atoms with Gasteiger partial charge in [-0.05, 0) is 64.2 Å². The van der Waals surface area contributed by atoms with Crippen molar-refractivity contribution in [3.63, 3.8) is 0 Å². The average molecular weight is 808 g/mol. The zero-order valence-corrected chi connectivity index (χ0v) is 35.8. The molecule has 0 aromatic rings. The van der Waals surface area contributed by atoms with Crippen LogP contribution in [0.15, 0.2) is 72.9 Å². The Balaban J connectivity index is 4.30. The third-order valence-corrected chi connectivity index (χ3v) is 9.70. The highest BCUT2D eigenvalue weighted by molar-refractivity contribution is 7.47. The summed E-state index contributed by atoms with van der Waals surface area (Å²) in [6.07, 6.45) is 49.6.